The van der Waals surface area contributed by atoms with Gasteiger partial charge in [-0.3, -0.25) is 4.79 Å². The smallest absolute Gasteiger partial charge is 0.232 e. The highest BCUT2D eigenvalue weighted by Gasteiger charge is 2.24. The van der Waals surface area contributed by atoms with Crippen LogP contribution in [-0.2, 0) is 4.79 Å². The summed E-state index contributed by atoms with van der Waals surface area (Å²) in [4.78, 5) is 18.7. The number of carbonyl (C=O) groups is 1. The topological polar surface area (TPSA) is 82.6 Å². The molecule has 0 radical (unpaired) electrons. The van der Waals surface area contributed by atoms with Crippen LogP contribution in [0.15, 0.2) is 66.0 Å². The van der Waals surface area contributed by atoms with Crippen molar-refractivity contribution < 1.29 is 14.3 Å². The average molecular weight is 410 g/mol. The maximum Gasteiger partial charge on any atom is 0.232 e. The molecule has 1 atom stereocenters. The Morgan fingerprint density at radius 3 is 2.72 bits per heavy atom. The summed E-state index contributed by atoms with van der Waals surface area (Å²) in [5.74, 6) is 7.66. The van der Waals surface area contributed by atoms with Crippen LogP contribution in [0.2, 0.25) is 0 Å². The number of nitrogens with zero attached hydrogens (tertiary/aromatic N) is 3. The normalized spacial score (nSPS) is 15.1. The first kappa shape index (κ1) is 19.2. The summed E-state index contributed by atoms with van der Waals surface area (Å²) in [6, 6.07) is 17.3. The van der Waals surface area contributed by atoms with Crippen molar-refractivity contribution in [2.45, 2.75) is 11.3 Å². The number of benzene rings is 2. The van der Waals surface area contributed by atoms with E-state index in [4.69, 9.17) is 15.3 Å². The molecule has 2 N–H and O–H groups in total. The summed E-state index contributed by atoms with van der Waals surface area (Å²) in [6.45, 7) is 0.857. The highest BCUT2D eigenvalue weighted by molar-refractivity contribution is 7.99. The second-order valence-electron chi connectivity index (χ2n) is 6.74. The Morgan fingerprint density at radius 1 is 1.21 bits per heavy atom. The lowest BCUT2D eigenvalue weighted by atomic mass is 10.2. The number of hydrogen-bond donors (Lipinski definition) is 1. The molecule has 4 rings (SSSR count). The van der Waals surface area contributed by atoms with Crippen molar-refractivity contribution >= 4 is 17.7 Å². The molecule has 1 aliphatic rings. The second-order valence-corrected chi connectivity index (χ2v) is 7.69. The number of likely N-dealkylation sites (N-methyl/N-ethyl adjacent to an activating group) is 1. The Bertz CT molecular complexity index is 993. The summed E-state index contributed by atoms with van der Waals surface area (Å²) < 4.78 is 13.1. The van der Waals surface area contributed by atoms with E-state index in [0.717, 1.165) is 17.0 Å². The second kappa shape index (κ2) is 8.48. The van der Waals surface area contributed by atoms with Gasteiger partial charge in [-0.1, -0.05) is 54.2 Å². The molecule has 7 nitrogen and oxygen atoms in total. The number of rotatable bonds is 6. The first-order valence-corrected chi connectivity index (χ1v) is 10.2. The zero-order chi connectivity index (χ0) is 20.2. The van der Waals surface area contributed by atoms with Crippen LogP contribution in [0, 0.1) is 0 Å². The van der Waals surface area contributed by atoms with Crippen LogP contribution in [0.4, 0.5) is 0 Å². The summed E-state index contributed by atoms with van der Waals surface area (Å²) >= 11 is 1.31. The molecule has 29 heavy (non-hydrogen) atoms. The van der Waals surface area contributed by atoms with Gasteiger partial charge < -0.3 is 20.2 Å². The van der Waals surface area contributed by atoms with Crippen LogP contribution < -0.4 is 15.3 Å². The van der Waals surface area contributed by atoms with Crippen LogP contribution in [-0.4, -0.2) is 52.5 Å². The monoisotopic (exact) mass is 410 g/mol. The molecule has 0 fully saturated rings. The third-order valence-corrected chi connectivity index (χ3v) is 5.52. The van der Waals surface area contributed by atoms with Crippen molar-refractivity contribution in [3.8, 4) is 22.8 Å². The van der Waals surface area contributed by atoms with Gasteiger partial charge in [-0.2, -0.15) is 0 Å². The lowest BCUT2D eigenvalue weighted by Gasteiger charge is -2.29. The summed E-state index contributed by atoms with van der Waals surface area (Å²) in [6.07, 6.45) is 1.56. The fourth-order valence-electron chi connectivity index (χ4n) is 3.03. The van der Waals surface area contributed by atoms with E-state index in [0.29, 0.717) is 24.1 Å². The van der Waals surface area contributed by atoms with E-state index >= 15 is 0 Å². The fourth-order valence-corrected chi connectivity index (χ4v) is 3.87. The molecule has 1 aromatic heterocycles. The van der Waals surface area contributed by atoms with Gasteiger partial charge in [0.2, 0.25) is 5.91 Å². The minimum Gasteiger partial charge on any atom is -0.486 e. The fraction of sp³-hybridized carbons (Fsp3) is 0.238. The van der Waals surface area contributed by atoms with Crippen molar-refractivity contribution in [1.82, 2.24) is 14.6 Å². The van der Waals surface area contributed by atoms with Gasteiger partial charge in [0.25, 0.3) is 0 Å². The van der Waals surface area contributed by atoms with Gasteiger partial charge in [0.05, 0.1) is 24.2 Å². The van der Waals surface area contributed by atoms with Gasteiger partial charge in [-0.05, 0) is 12.1 Å². The van der Waals surface area contributed by atoms with Crippen molar-refractivity contribution in [3.63, 3.8) is 0 Å². The van der Waals surface area contributed by atoms with Gasteiger partial charge >= 0.3 is 0 Å². The minimum absolute atomic E-state index is 0.0262. The molecule has 150 valence electrons. The largest absolute Gasteiger partial charge is 0.486 e. The molecule has 2 aromatic carbocycles. The predicted octanol–water partition coefficient (Wildman–Crippen LogP) is 2.65. The number of imidazole rings is 1. The number of carbonyl (C=O) groups excluding carboxylic acids is 1. The number of aromatic nitrogens is 2. The number of thioether (sulfide) groups is 1. The lowest BCUT2D eigenvalue weighted by molar-refractivity contribution is -0.128. The number of amides is 1. The highest BCUT2D eigenvalue weighted by atomic mass is 32.2. The number of fused-ring (bicyclic) bond motifs is 1. The molecule has 0 saturated heterocycles. The molecule has 1 unspecified atom stereocenters. The highest BCUT2D eigenvalue weighted by Crippen LogP contribution is 2.31. The minimum atomic E-state index is -0.204. The number of ether oxygens (including phenoxy) is 2. The summed E-state index contributed by atoms with van der Waals surface area (Å²) in [7, 11) is 1.76. The summed E-state index contributed by atoms with van der Waals surface area (Å²) in [5, 5.41) is 0.594. The first-order chi connectivity index (χ1) is 14.1. The van der Waals surface area contributed by atoms with E-state index in [9.17, 15) is 4.79 Å². The van der Waals surface area contributed by atoms with E-state index in [1.807, 2.05) is 54.6 Å². The standard InChI is InChI=1S/C21H22N4O3S/c1-24(11-16-13-27-18-9-5-6-10-19(18)28-16)20(26)14-29-21-23-17(12-25(21)22)15-7-3-2-4-8-15/h2-10,12,16H,11,13-14,22H2,1H3. The SMILES string of the molecule is CN(CC1COc2ccccc2O1)C(=O)CSc1nc(-c2ccccc2)cn1N. The number of para-hydroxylation sites is 2. The van der Waals surface area contributed by atoms with Crippen LogP contribution >= 0.6 is 11.8 Å². The van der Waals surface area contributed by atoms with E-state index < -0.39 is 0 Å². The molecular formula is C21H22N4O3S. The molecule has 0 spiro atoms. The zero-order valence-corrected chi connectivity index (χ0v) is 16.8. The van der Waals surface area contributed by atoms with Gasteiger partial charge in [0.15, 0.2) is 22.8 Å². The molecule has 3 aromatic rings. The Morgan fingerprint density at radius 2 is 1.93 bits per heavy atom. The predicted molar refractivity (Wildman–Crippen MR) is 113 cm³/mol. The number of nitrogen functional groups attached to an aromatic ring is 1. The van der Waals surface area contributed by atoms with E-state index in [-0.39, 0.29) is 17.8 Å². The van der Waals surface area contributed by atoms with Gasteiger partial charge in [0.1, 0.15) is 6.61 Å². The Labute approximate surface area is 173 Å². The Hall–Kier alpha value is -3.13. The molecule has 1 amide bonds. The molecule has 8 heteroatoms. The van der Waals surface area contributed by atoms with Gasteiger partial charge in [-0.25, -0.2) is 9.66 Å². The average Bonchev–Trinajstić information content (AvgIpc) is 3.13. The van der Waals surface area contributed by atoms with Crippen molar-refractivity contribution in [2.75, 3.05) is 31.8 Å². The zero-order valence-electron chi connectivity index (χ0n) is 16.0. The lowest BCUT2D eigenvalue weighted by Crippen LogP contribution is -2.42. The van der Waals surface area contributed by atoms with E-state index in [2.05, 4.69) is 4.98 Å². The molecule has 0 saturated carbocycles. The van der Waals surface area contributed by atoms with Crippen molar-refractivity contribution in [1.29, 1.82) is 0 Å². The maximum absolute atomic E-state index is 12.6. The van der Waals surface area contributed by atoms with Crippen LogP contribution in [0.1, 0.15) is 0 Å². The molecule has 0 bridgehead atoms. The van der Waals surface area contributed by atoms with Crippen LogP contribution in [0.3, 0.4) is 0 Å². The molecular weight excluding hydrogens is 388 g/mol. The molecule has 0 aliphatic carbocycles. The third kappa shape index (κ3) is 4.48. The van der Waals surface area contributed by atoms with Crippen molar-refractivity contribution in [3.05, 3.63) is 60.8 Å². The number of nitrogens with two attached hydrogens (primary N) is 1. The van der Waals surface area contributed by atoms with Crippen molar-refractivity contribution in [2.24, 2.45) is 0 Å². The summed E-state index contributed by atoms with van der Waals surface area (Å²) in [5.41, 5.74) is 1.76. The third-order valence-electron chi connectivity index (χ3n) is 4.56. The Kier molecular flexibility index (Phi) is 5.62. The Balaban J connectivity index is 1.31. The van der Waals surface area contributed by atoms with E-state index in [1.165, 1.54) is 16.4 Å². The van der Waals surface area contributed by atoms with Gasteiger partial charge in [-0.15, -0.1) is 0 Å². The molecule has 1 aliphatic heterocycles. The molecule has 2 heterocycles. The van der Waals surface area contributed by atoms with Gasteiger partial charge in [0, 0.05) is 12.6 Å². The number of hydrogen-bond acceptors (Lipinski definition) is 6. The quantitative estimate of drug-likeness (QED) is 0.497. The van der Waals surface area contributed by atoms with E-state index in [1.54, 1.807) is 18.1 Å². The van der Waals surface area contributed by atoms with Crippen LogP contribution in [0.5, 0.6) is 11.5 Å². The maximum atomic E-state index is 12.6. The van der Waals surface area contributed by atoms with Crippen LogP contribution in [0.25, 0.3) is 11.3 Å². The first-order valence-electron chi connectivity index (χ1n) is 9.25.